The van der Waals surface area contributed by atoms with Gasteiger partial charge in [-0.3, -0.25) is 0 Å². The number of hydrogen-bond donors (Lipinski definition) is 1. The van der Waals surface area contributed by atoms with Crippen LogP contribution in [-0.4, -0.2) is 5.11 Å². The highest BCUT2D eigenvalue weighted by molar-refractivity contribution is 5.35. The minimum absolute atomic E-state index is 0.322. The zero-order chi connectivity index (χ0) is 16.8. The van der Waals surface area contributed by atoms with E-state index in [4.69, 9.17) is 0 Å². The summed E-state index contributed by atoms with van der Waals surface area (Å²) in [6.07, 6.45) is 2.22. The van der Waals surface area contributed by atoms with Crippen molar-refractivity contribution in [2.24, 2.45) is 0 Å². The Morgan fingerprint density at radius 2 is 1.12 bits per heavy atom. The van der Waals surface area contributed by atoms with E-state index in [1.165, 1.54) is 16.7 Å². The van der Waals surface area contributed by atoms with E-state index < -0.39 is 0 Å². The second kappa shape index (κ2) is 7.83. The van der Waals surface area contributed by atoms with Crippen LogP contribution in [0.4, 0.5) is 0 Å². The maximum absolute atomic E-state index is 9.58. The third-order valence-corrected chi connectivity index (χ3v) is 4.75. The van der Waals surface area contributed by atoms with Gasteiger partial charge >= 0.3 is 0 Å². The maximum Gasteiger partial charge on any atom is 0.115 e. The molecule has 2 unspecified atom stereocenters. The van der Waals surface area contributed by atoms with Gasteiger partial charge in [-0.25, -0.2) is 0 Å². The van der Waals surface area contributed by atoms with Crippen molar-refractivity contribution >= 4 is 0 Å². The van der Waals surface area contributed by atoms with E-state index in [2.05, 4.69) is 67.6 Å². The lowest BCUT2D eigenvalue weighted by Crippen LogP contribution is -2.04. The number of hydrogen-bond acceptors (Lipinski definition) is 1. The molecule has 0 bridgehead atoms. The Morgan fingerprint density at radius 3 is 1.71 bits per heavy atom. The van der Waals surface area contributed by atoms with Crippen molar-refractivity contribution in [3.63, 3.8) is 0 Å². The zero-order valence-electron chi connectivity index (χ0n) is 14.1. The molecule has 3 aromatic rings. The number of phenolic OH excluding ortho intramolecular Hbond substituents is 1. The lowest BCUT2D eigenvalue weighted by atomic mass is 9.84. The van der Waals surface area contributed by atoms with Gasteiger partial charge in [-0.1, -0.05) is 79.7 Å². The summed E-state index contributed by atoms with van der Waals surface area (Å²) < 4.78 is 0. The standard InChI is InChI=1S/C23H24O/c1-18(19-8-4-2-5-9-19)12-17-23(20-10-6-3-7-11-20)21-13-15-22(24)16-14-21/h2-11,13-16,18,23-24H,12,17H2,1H3. The van der Waals surface area contributed by atoms with Gasteiger partial charge in [0.2, 0.25) is 0 Å². The molecule has 3 aromatic carbocycles. The summed E-state index contributed by atoms with van der Waals surface area (Å²) in [5.41, 5.74) is 4.00. The molecule has 0 aromatic heterocycles. The fraction of sp³-hybridized carbons (Fsp3) is 0.217. The molecule has 0 spiro atoms. The lowest BCUT2D eigenvalue weighted by Gasteiger charge is -2.21. The van der Waals surface area contributed by atoms with E-state index in [1.807, 2.05) is 12.1 Å². The molecule has 0 aliphatic rings. The molecule has 1 N–H and O–H groups in total. The average Bonchev–Trinajstić information content (AvgIpc) is 2.65. The van der Waals surface area contributed by atoms with Crippen LogP contribution >= 0.6 is 0 Å². The van der Waals surface area contributed by atoms with E-state index in [-0.39, 0.29) is 0 Å². The van der Waals surface area contributed by atoms with Crippen molar-refractivity contribution in [1.29, 1.82) is 0 Å². The highest BCUT2D eigenvalue weighted by Crippen LogP contribution is 2.33. The highest BCUT2D eigenvalue weighted by atomic mass is 16.3. The minimum Gasteiger partial charge on any atom is -0.508 e. The van der Waals surface area contributed by atoms with Gasteiger partial charge in [0.05, 0.1) is 0 Å². The van der Waals surface area contributed by atoms with Crippen LogP contribution < -0.4 is 0 Å². The molecule has 122 valence electrons. The van der Waals surface area contributed by atoms with Crippen molar-refractivity contribution in [3.8, 4) is 5.75 Å². The summed E-state index contributed by atoms with van der Waals surface area (Å²) in [5, 5.41) is 9.58. The first-order chi connectivity index (χ1) is 11.7. The number of aromatic hydroxyl groups is 1. The topological polar surface area (TPSA) is 20.2 Å². The third kappa shape index (κ3) is 4.05. The molecule has 0 radical (unpaired) electrons. The van der Waals surface area contributed by atoms with E-state index in [9.17, 15) is 5.11 Å². The predicted octanol–water partition coefficient (Wildman–Crippen LogP) is 6.11. The van der Waals surface area contributed by atoms with Crippen molar-refractivity contribution in [2.45, 2.75) is 31.6 Å². The first-order valence-electron chi connectivity index (χ1n) is 8.63. The Balaban J connectivity index is 1.79. The second-order valence-corrected chi connectivity index (χ2v) is 6.44. The molecule has 1 heteroatoms. The molecule has 1 nitrogen and oxygen atoms in total. The molecular formula is C23H24O. The highest BCUT2D eigenvalue weighted by Gasteiger charge is 2.16. The van der Waals surface area contributed by atoms with Crippen LogP contribution in [0.3, 0.4) is 0 Å². The van der Waals surface area contributed by atoms with E-state index >= 15 is 0 Å². The van der Waals surface area contributed by atoms with Gasteiger partial charge < -0.3 is 5.11 Å². The summed E-state index contributed by atoms with van der Waals surface area (Å²) in [6.45, 7) is 2.30. The summed E-state index contributed by atoms with van der Waals surface area (Å²) in [4.78, 5) is 0. The van der Waals surface area contributed by atoms with Gasteiger partial charge in [0.15, 0.2) is 0 Å². The van der Waals surface area contributed by atoms with Crippen LogP contribution in [0.25, 0.3) is 0 Å². The van der Waals surface area contributed by atoms with Crippen molar-refractivity contribution in [1.82, 2.24) is 0 Å². The first-order valence-corrected chi connectivity index (χ1v) is 8.63. The predicted molar refractivity (Wildman–Crippen MR) is 100 cm³/mol. The monoisotopic (exact) mass is 316 g/mol. The van der Waals surface area contributed by atoms with Gasteiger partial charge in [0.25, 0.3) is 0 Å². The number of rotatable bonds is 6. The van der Waals surface area contributed by atoms with Crippen molar-refractivity contribution in [2.75, 3.05) is 0 Å². The Morgan fingerprint density at radius 1 is 0.625 bits per heavy atom. The zero-order valence-corrected chi connectivity index (χ0v) is 14.1. The molecule has 24 heavy (non-hydrogen) atoms. The maximum atomic E-state index is 9.58. The Hall–Kier alpha value is -2.54. The summed E-state index contributed by atoms with van der Waals surface area (Å²) >= 11 is 0. The fourth-order valence-corrected chi connectivity index (χ4v) is 3.28. The fourth-order valence-electron chi connectivity index (χ4n) is 3.28. The Kier molecular flexibility index (Phi) is 5.32. The van der Waals surface area contributed by atoms with Crippen LogP contribution in [0.5, 0.6) is 5.75 Å². The Bertz CT molecular complexity index is 732. The van der Waals surface area contributed by atoms with Crippen LogP contribution in [0.2, 0.25) is 0 Å². The first kappa shape index (κ1) is 16.3. The Labute approximate surface area is 144 Å². The molecule has 2 atom stereocenters. The van der Waals surface area contributed by atoms with Gasteiger partial charge in [-0.05, 0) is 47.6 Å². The number of phenols is 1. The molecule has 0 aliphatic heterocycles. The SMILES string of the molecule is CC(CCC(c1ccccc1)c1ccc(O)cc1)c1ccccc1. The molecule has 0 heterocycles. The lowest BCUT2D eigenvalue weighted by molar-refractivity contribution is 0.474. The van der Waals surface area contributed by atoms with Crippen LogP contribution in [0.15, 0.2) is 84.9 Å². The molecule has 3 rings (SSSR count). The van der Waals surface area contributed by atoms with E-state index in [1.54, 1.807) is 12.1 Å². The van der Waals surface area contributed by atoms with E-state index in [0.717, 1.165) is 12.8 Å². The molecule has 0 saturated carbocycles. The van der Waals surface area contributed by atoms with Gasteiger partial charge in [-0.2, -0.15) is 0 Å². The summed E-state index contributed by atoms with van der Waals surface area (Å²) in [7, 11) is 0. The van der Waals surface area contributed by atoms with Gasteiger partial charge in [0, 0.05) is 5.92 Å². The largest absolute Gasteiger partial charge is 0.508 e. The van der Waals surface area contributed by atoms with Crippen molar-refractivity contribution in [3.05, 3.63) is 102 Å². The van der Waals surface area contributed by atoms with Gasteiger partial charge in [-0.15, -0.1) is 0 Å². The van der Waals surface area contributed by atoms with Crippen LogP contribution in [0, 0.1) is 0 Å². The normalized spacial score (nSPS) is 13.4. The third-order valence-electron chi connectivity index (χ3n) is 4.75. The van der Waals surface area contributed by atoms with Crippen LogP contribution in [-0.2, 0) is 0 Å². The molecule has 0 amide bonds. The molecular weight excluding hydrogens is 292 g/mol. The number of benzene rings is 3. The van der Waals surface area contributed by atoms with Crippen molar-refractivity contribution < 1.29 is 5.11 Å². The van der Waals surface area contributed by atoms with Gasteiger partial charge in [0.1, 0.15) is 5.75 Å². The smallest absolute Gasteiger partial charge is 0.115 e. The van der Waals surface area contributed by atoms with Crippen LogP contribution in [0.1, 0.15) is 48.3 Å². The minimum atomic E-state index is 0.322. The second-order valence-electron chi connectivity index (χ2n) is 6.44. The molecule has 0 aliphatic carbocycles. The molecule has 0 saturated heterocycles. The van der Waals surface area contributed by atoms with E-state index in [0.29, 0.717) is 17.6 Å². The molecule has 0 fully saturated rings. The summed E-state index contributed by atoms with van der Waals surface area (Å²) in [6, 6.07) is 29.0. The average molecular weight is 316 g/mol. The quantitative estimate of drug-likeness (QED) is 0.582. The summed E-state index contributed by atoms with van der Waals surface area (Å²) in [5.74, 6) is 1.22.